The van der Waals surface area contributed by atoms with Gasteiger partial charge in [0.25, 0.3) is 0 Å². The van der Waals surface area contributed by atoms with Crippen LogP contribution < -0.4 is 0 Å². The van der Waals surface area contributed by atoms with Gasteiger partial charge in [0, 0.05) is 33.2 Å². The molecule has 306 valence electrons. The molecule has 2 heterocycles. The van der Waals surface area contributed by atoms with Crippen molar-refractivity contribution in [1.29, 1.82) is 0 Å². The Balaban J connectivity index is 1.04. The Morgan fingerprint density at radius 3 is 1.71 bits per heavy atom. The van der Waals surface area contributed by atoms with E-state index in [2.05, 4.69) is 223 Å². The van der Waals surface area contributed by atoms with Gasteiger partial charge in [-0.2, -0.15) is 0 Å². The highest BCUT2D eigenvalue weighted by Crippen LogP contribution is 2.48. The SMILES string of the molecule is c1ccc(-c2ccc(-c3nc(-c4ccc5c(ccc6ccccc65)c4)nc(-c4cc(-n5c6ccccc6c6cc7ccccc7cc65)cc5c4-c4ccc6ccccc6c4C5)n3)cc2)cc1. The highest BCUT2D eigenvalue weighted by molar-refractivity contribution is 6.14. The molecule has 66 heavy (non-hydrogen) atoms. The second-order valence-electron chi connectivity index (χ2n) is 17.6. The van der Waals surface area contributed by atoms with E-state index >= 15 is 0 Å². The Labute approximate surface area is 380 Å². The summed E-state index contributed by atoms with van der Waals surface area (Å²) in [4.78, 5) is 16.3. The summed E-state index contributed by atoms with van der Waals surface area (Å²) in [5, 5.41) is 12.2. The molecule has 0 radical (unpaired) electrons. The lowest BCUT2D eigenvalue weighted by molar-refractivity contribution is 1.07. The molecule has 13 aromatic rings. The monoisotopic (exact) mass is 838 g/mol. The van der Waals surface area contributed by atoms with Gasteiger partial charge in [0.15, 0.2) is 17.5 Å². The van der Waals surface area contributed by atoms with Crippen molar-refractivity contribution in [2.45, 2.75) is 6.42 Å². The molecule has 4 nitrogen and oxygen atoms in total. The van der Waals surface area contributed by atoms with Gasteiger partial charge in [-0.1, -0.05) is 182 Å². The van der Waals surface area contributed by atoms with E-state index in [4.69, 9.17) is 15.0 Å². The summed E-state index contributed by atoms with van der Waals surface area (Å²) in [6, 6.07) is 78.9. The third kappa shape index (κ3) is 5.75. The molecule has 0 spiro atoms. The molecule has 2 aromatic heterocycles. The fraction of sp³-hybridized carbons (Fsp3) is 0.0161. The summed E-state index contributed by atoms with van der Waals surface area (Å²) in [6.07, 6.45) is 0.803. The van der Waals surface area contributed by atoms with Crippen LogP contribution in [0, 0.1) is 0 Å². The zero-order chi connectivity index (χ0) is 43.3. The summed E-state index contributed by atoms with van der Waals surface area (Å²) in [6.45, 7) is 0. The van der Waals surface area contributed by atoms with E-state index in [9.17, 15) is 0 Å². The van der Waals surface area contributed by atoms with Crippen molar-refractivity contribution in [3.8, 4) is 62.1 Å². The van der Waals surface area contributed by atoms with E-state index in [1.165, 1.54) is 81.8 Å². The van der Waals surface area contributed by atoms with Crippen molar-refractivity contribution in [3.05, 3.63) is 230 Å². The molecule has 1 aliphatic rings. The van der Waals surface area contributed by atoms with Crippen LogP contribution >= 0.6 is 0 Å². The van der Waals surface area contributed by atoms with Gasteiger partial charge in [-0.25, -0.2) is 15.0 Å². The Hall–Kier alpha value is -8.73. The second-order valence-corrected chi connectivity index (χ2v) is 17.6. The van der Waals surface area contributed by atoms with Crippen LogP contribution in [0.2, 0.25) is 0 Å². The number of para-hydroxylation sites is 1. The van der Waals surface area contributed by atoms with E-state index in [0.717, 1.165) is 45.3 Å². The van der Waals surface area contributed by atoms with Gasteiger partial charge in [-0.05, 0) is 119 Å². The van der Waals surface area contributed by atoms with Gasteiger partial charge in [-0.15, -0.1) is 0 Å². The highest BCUT2D eigenvalue weighted by atomic mass is 15.0. The van der Waals surface area contributed by atoms with Gasteiger partial charge in [-0.3, -0.25) is 0 Å². The molecule has 0 aliphatic heterocycles. The average molecular weight is 839 g/mol. The Kier molecular flexibility index (Phi) is 8.01. The second kappa shape index (κ2) is 14.4. The maximum absolute atomic E-state index is 5.50. The predicted octanol–water partition coefficient (Wildman–Crippen LogP) is 15.8. The molecule has 0 saturated heterocycles. The van der Waals surface area contributed by atoms with Crippen LogP contribution in [0.15, 0.2) is 218 Å². The maximum atomic E-state index is 5.50. The Bertz CT molecular complexity index is 4130. The third-order valence-corrected chi connectivity index (χ3v) is 13.8. The third-order valence-electron chi connectivity index (χ3n) is 13.8. The van der Waals surface area contributed by atoms with Gasteiger partial charge in [0.05, 0.1) is 11.0 Å². The molecule has 0 fully saturated rings. The van der Waals surface area contributed by atoms with Crippen molar-refractivity contribution >= 4 is 64.9 Å². The van der Waals surface area contributed by atoms with Gasteiger partial charge in [0.1, 0.15) is 0 Å². The van der Waals surface area contributed by atoms with Crippen LogP contribution in [-0.2, 0) is 6.42 Å². The van der Waals surface area contributed by atoms with Crippen molar-refractivity contribution in [3.63, 3.8) is 0 Å². The average Bonchev–Trinajstić information content (AvgIpc) is 3.93. The summed E-state index contributed by atoms with van der Waals surface area (Å²) in [5.41, 5.74) is 13.6. The van der Waals surface area contributed by atoms with Crippen LogP contribution in [-0.4, -0.2) is 19.5 Å². The van der Waals surface area contributed by atoms with E-state index in [-0.39, 0.29) is 0 Å². The molecular weight excluding hydrogens is 801 g/mol. The number of benzene rings is 11. The minimum atomic E-state index is 0.632. The molecular formula is C62H38N4. The molecule has 0 N–H and O–H groups in total. The van der Waals surface area contributed by atoms with Crippen LogP contribution in [0.4, 0.5) is 0 Å². The lowest BCUT2D eigenvalue weighted by Gasteiger charge is -2.16. The first-order chi connectivity index (χ1) is 32.7. The van der Waals surface area contributed by atoms with Crippen LogP contribution in [0.3, 0.4) is 0 Å². The van der Waals surface area contributed by atoms with Crippen molar-refractivity contribution in [2.24, 2.45) is 0 Å². The van der Waals surface area contributed by atoms with E-state index in [0.29, 0.717) is 17.5 Å². The summed E-state index contributed by atoms with van der Waals surface area (Å²) < 4.78 is 2.45. The minimum absolute atomic E-state index is 0.632. The van der Waals surface area contributed by atoms with Gasteiger partial charge in [0.2, 0.25) is 0 Å². The lowest BCUT2D eigenvalue weighted by atomic mass is 9.95. The summed E-state index contributed by atoms with van der Waals surface area (Å²) in [7, 11) is 0. The largest absolute Gasteiger partial charge is 0.309 e. The first kappa shape index (κ1) is 36.7. The number of hydrogen-bond acceptors (Lipinski definition) is 3. The number of fused-ring (bicyclic) bond motifs is 12. The topological polar surface area (TPSA) is 43.6 Å². The zero-order valence-electron chi connectivity index (χ0n) is 35.8. The maximum Gasteiger partial charge on any atom is 0.164 e. The number of aromatic nitrogens is 4. The number of rotatable bonds is 5. The molecule has 0 saturated carbocycles. The van der Waals surface area contributed by atoms with Crippen molar-refractivity contribution < 1.29 is 0 Å². The normalized spacial score (nSPS) is 12.2. The van der Waals surface area contributed by atoms with E-state index < -0.39 is 0 Å². The quantitative estimate of drug-likeness (QED) is 0.162. The summed E-state index contributed by atoms with van der Waals surface area (Å²) >= 11 is 0. The molecule has 11 aromatic carbocycles. The first-order valence-electron chi connectivity index (χ1n) is 22.6. The first-order valence-corrected chi connectivity index (χ1v) is 22.6. The van der Waals surface area contributed by atoms with Crippen LogP contribution in [0.1, 0.15) is 11.1 Å². The van der Waals surface area contributed by atoms with Crippen LogP contribution in [0.5, 0.6) is 0 Å². The standard InChI is InChI=1S/C62H38N4/c1-2-12-38(13-3-1)39-22-25-42(26-23-39)60-63-61(46-29-30-51-45(32-46)27-24-40-14-6-8-18-49(40)51)65-62(64-60)56-37-48(33-47-35-54-50-19-9-7-15-41(50)28-31-53(54)59(47)56)66-57-21-11-10-20-52(57)55-34-43-16-4-5-17-44(43)36-58(55)66/h1-34,36-37H,35H2. The molecule has 0 unspecified atom stereocenters. The highest BCUT2D eigenvalue weighted by Gasteiger charge is 2.28. The van der Waals surface area contributed by atoms with Gasteiger partial charge < -0.3 is 4.57 Å². The zero-order valence-corrected chi connectivity index (χ0v) is 35.8. The lowest BCUT2D eigenvalue weighted by Crippen LogP contribution is -2.03. The van der Waals surface area contributed by atoms with Crippen molar-refractivity contribution in [2.75, 3.05) is 0 Å². The van der Waals surface area contributed by atoms with E-state index in [1.54, 1.807) is 0 Å². The Morgan fingerprint density at radius 1 is 0.318 bits per heavy atom. The number of hydrogen-bond donors (Lipinski definition) is 0. The molecule has 1 aliphatic carbocycles. The number of nitrogens with zero attached hydrogens (tertiary/aromatic N) is 4. The molecule has 0 bridgehead atoms. The molecule has 0 amide bonds. The predicted molar refractivity (Wildman–Crippen MR) is 274 cm³/mol. The van der Waals surface area contributed by atoms with Crippen molar-refractivity contribution in [1.82, 2.24) is 19.5 Å². The fourth-order valence-corrected chi connectivity index (χ4v) is 10.7. The van der Waals surface area contributed by atoms with E-state index in [1.807, 2.05) is 0 Å². The molecule has 14 rings (SSSR count). The van der Waals surface area contributed by atoms with Crippen LogP contribution in [0.25, 0.3) is 127 Å². The Morgan fingerprint density at radius 2 is 0.894 bits per heavy atom. The minimum Gasteiger partial charge on any atom is -0.309 e. The fourth-order valence-electron chi connectivity index (χ4n) is 10.7. The summed E-state index contributed by atoms with van der Waals surface area (Å²) in [5.74, 6) is 1.91. The smallest absolute Gasteiger partial charge is 0.164 e. The molecule has 0 atom stereocenters. The molecule has 4 heteroatoms. The van der Waals surface area contributed by atoms with Gasteiger partial charge >= 0.3 is 0 Å².